The Morgan fingerprint density at radius 3 is 2.68 bits per heavy atom. The molecule has 0 aliphatic heterocycles. The van der Waals surface area contributed by atoms with Crippen molar-refractivity contribution in [3.05, 3.63) is 30.1 Å². The Morgan fingerprint density at radius 2 is 2.05 bits per heavy atom. The first kappa shape index (κ1) is 14.5. The topological polar surface area (TPSA) is 67.3 Å². The van der Waals surface area contributed by atoms with Crippen LogP contribution >= 0.6 is 0 Å². The molecule has 5 heteroatoms. The van der Waals surface area contributed by atoms with Crippen molar-refractivity contribution < 1.29 is 13.5 Å². The summed E-state index contributed by atoms with van der Waals surface area (Å²) in [5.41, 5.74) is 1.05. The molecule has 0 aromatic carbocycles. The third kappa shape index (κ3) is 4.01. The van der Waals surface area contributed by atoms with Gasteiger partial charge < -0.3 is 5.11 Å². The molecule has 0 amide bonds. The largest absolute Gasteiger partial charge is 0.392 e. The van der Waals surface area contributed by atoms with Crippen molar-refractivity contribution in [3.63, 3.8) is 0 Å². The molecule has 1 heterocycles. The molecule has 4 nitrogen and oxygen atoms in total. The molecule has 3 unspecified atom stereocenters. The van der Waals surface area contributed by atoms with E-state index >= 15 is 0 Å². The van der Waals surface area contributed by atoms with E-state index in [2.05, 4.69) is 4.98 Å². The molecule has 0 spiro atoms. The van der Waals surface area contributed by atoms with Gasteiger partial charge in [0.15, 0.2) is 0 Å². The number of hydrogen-bond acceptors (Lipinski definition) is 4. The second-order valence-electron chi connectivity index (χ2n) is 5.51. The van der Waals surface area contributed by atoms with Gasteiger partial charge in [0.25, 0.3) is 0 Å². The molecule has 0 radical (unpaired) electrons. The van der Waals surface area contributed by atoms with Gasteiger partial charge in [-0.3, -0.25) is 4.98 Å². The first-order valence-corrected chi connectivity index (χ1v) is 8.68. The van der Waals surface area contributed by atoms with Gasteiger partial charge >= 0.3 is 0 Å². The zero-order valence-electron chi connectivity index (χ0n) is 11.2. The van der Waals surface area contributed by atoms with Crippen LogP contribution in [-0.4, -0.2) is 36.1 Å². The number of pyridine rings is 1. The molecule has 19 heavy (non-hydrogen) atoms. The molecule has 2 rings (SSSR count). The summed E-state index contributed by atoms with van der Waals surface area (Å²) in [7, 11) is -2.99. The zero-order chi connectivity index (χ0) is 13.9. The molecular weight excluding hydrogens is 262 g/mol. The minimum absolute atomic E-state index is 0.0849. The molecule has 1 aromatic heterocycles. The maximum Gasteiger partial charge on any atom is 0.150 e. The van der Waals surface area contributed by atoms with Gasteiger partial charge in [-0.15, -0.1) is 0 Å². The monoisotopic (exact) mass is 283 g/mol. The number of aromatic nitrogens is 1. The Bertz CT molecular complexity index is 501. The zero-order valence-corrected chi connectivity index (χ0v) is 12.0. The van der Waals surface area contributed by atoms with Crippen molar-refractivity contribution in [1.29, 1.82) is 0 Å². The maximum absolute atomic E-state index is 11.6. The average Bonchev–Trinajstić information content (AvgIpc) is 2.39. The Kier molecular flexibility index (Phi) is 4.58. The molecule has 0 bridgehead atoms. The van der Waals surface area contributed by atoms with Crippen molar-refractivity contribution in [2.24, 2.45) is 5.92 Å². The highest BCUT2D eigenvalue weighted by atomic mass is 32.2. The van der Waals surface area contributed by atoms with Crippen LogP contribution in [0.2, 0.25) is 0 Å². The van der Waals surface area contributed by atoms with Gasteiger partial charge in [0, 0.05) is 18.6 Å². The summed E-state index contributed by atoms with van der Waals surface area (Å²) >= 11 is 0. The smallest absolute Gasteiger partial charge is 0.150 e. The van der Waals surface area contributed by atoms with Crippen molar-refractivity contribution in [2.75, 3.05) is 6.26 Å². The summed E-state index contributed by atoms with van der Waals surface area (Å²) < 4.78 is 23.2. The van der Waals surface area contributed by atoms with Crippen LogP contribution in [0.3, 0.4) is 0 Å². The SMILES string of the molecule is CS(=O)(=O)C1CCCC(C(O)Cc2ccncc2)C1. The lowest BCUT2D eigenvalue weighted by molar-refractivity contribution is 0.0859. The van der Waals surface area contributed by atoms with Crippen LogP contribution in [0.25, 0.3) is 0 Å². The van der Waals surface area contributed by atoms with Crippen LogP contribution in [0, 0.1) is 5.92 Å². The minimum atomic E-state index is -2.99. The average molecular weight is 283 g/mol. The molecule has 1 saturated carbocycles. The van der Waals surface area contributed by atoms with E-state index in [1.54, 1.807) is 12.4 Å². The summed E-state index contributed by atoms with van der Waals surface area (Å²) in [5.74, 6) is 0.0849. The molecule has 1 aromatic rings. The quantitative estimate of drug-likeness (QED) is 0.911. The standard InChI is InChI=1S/C14H21NO3S/c1-19(17,18)13-4-2-3-12(10-13)14(16)9-11-5-7-15-8-6-11/h5-8,12-14,16H,2-4,9-10H2,1H3. The highest BCUT2D eigenvalue weighted by Crippen LogP contribution is 2.31. The summed E-state index contributed by atoms with van der Waals surface area (Å²) in [6.07, 6.45) is 7.95. The van der Waals surface area contributed by atoms with E-state index in [4.69, 9.17) is 0 Å². The molecule has 1 N–H and O–H groups in total. The molecular formula is C14H21NO3S. The van der Waals surface area contributed by atoms with E-state index in [9.17, 15) is 13.5 Å². The predicted molar refractivity (Wildman–Crippen MR) is 74.5 cm³/mol. The fraction of sp³-hybridized carbons (Fsp3) is 0.643. The second kappa shape index (κ2) is 6.01. The van der Waals surface area contributed by atoms with E-state index in [0.29, 0.717) is 12.8 Å². The van der Waals surface area contributed by atoms with Crippen molar-refractivity contribution in [3.8, 4) is 0 Å². The highest BCUT2D eigenvalue weighted by Gasteiger charge is 2.32. The Balaban J connectivity index is 1.98. The third-order valence-electron chi connectivity index (χ3n) is 4.01. The molecule has 1 aliphatic carbocycles. The Hall–Kier alpha value is -0.940. The van der Waals surface area contributed by atoms with Crippen LogP contribution in [-0.2, 0) is 16.3 Å². The Labute approximate surface area is 114 Å². The van der Waals surface area contributed by atoms with Crippen molar-refractivity contribution in [2.45, 2.75) is 43.5 Å². The summed E-state index contributed by atoms with van der Waals surface area (Å²) in [6.45, 7) is 0. The van der Waals surface area contributed by atoms with Gasteiger partial charge in [-0.2, -0.15) is 0 Å². The van der Waals surface area contributed by atoms with Gasteiger partial charge in [0.05, 0.1) is 11.4 Å². The van der Waals surface area contributed by atoms with Crippen LogP contribution in [0.5, 0.6) is 0 Å². The van der Waals surface area contributed by atoms with E-state index < -0.39 is 15.9 Å². The van der Waals surface area contributed by atoms with Gasteiger partial charge in [0.1, 0.15) is 9.84 Å². The van der Waals surface area contributed by atoms with Crippen LogP contribution in [0.4, 0.5) is 0 Å². The lowest BCUT2D eigenvalue weighted by Crippen LogP contribution is -2.34. The Morgan fingerprint density at radius 1 is 1.37 bits per heavy atom. The van der Waals surface area contributed by atoms with Gasteiger partial charge in [-0.05, 0) is 49.3 Å². The summed E-state index contributed by atoms with van der Waals surface area (Å²) in [6, 6.07) is 3.78. The molecule has 106 valence electrons. The maximum atomic E-state index is 11.6. The number of hydrogen-bond donors (Lipinski definition) is 1. The van der Waals surface area contributed by atoms with E-state index in [1.807, 2.05) is 12.1 Å². The molecule has 3 atom stereocenters. The van der Waals surface area contributed by atoms with Gasteiger partial charge in [0.2, 0.25) is 0 Å². The second-order valence-corrected chi connectivity index (χ2v) is 7.83. The number of sulfone groups is 1. The first-order chi connectivity index (χ1) is 8.97. The van der Waals surface area contributed by atoms with Crippen LogP contribution in [0.15, 0.2) is 24.5 Å². The fourth-order valence-corrected chi connectivity index (χ4v) is 4.04. The number of rotatable bonds is 4. The third-order valence-corrected chi connectivity index (χ3v) is 5.65. The minimum Gasteiger partial charge on any atom is -0.392 e. The lowest BCUT2D eigenvalue weighted by Gasteiger charge is -2.31. The summed E-state index contributed by atoms with van der Waals surface area (Å²) in [4.78, 5) is 3.95. The number of aliphatic hydroxyl groups is 1. The highest BCUT2D eigenvalue weighted by molar-refractivity contribution is 7.91. The van der Waals surface area contributed by atoms with Gasteiger partial charge in [-0.25, -0.2) is 8.42 Å². The van der Waals surface area contributed by atoms with Crippen molar-refractivity contribution in [1.82, 2.24) is 4.98 Å². The normalized spacial score (nSPS) is 26.0. The van der Waals surface area contributed by atoms with E-state index in [-0.39, 0.29) is 11.2 Å². The van der Waals surface area contributed by atoms with E-state index in [0.717, 1.165) is 24.8 Å². The predicted octanol–water partition coefficient (Wildman–Crippen LogP) is 1.59. The number of nitrogens with zero attached hydrogens (tertiary/aromatic N) is 1. The molecule has 1 fully saturated rings. The molecule has 1 aliphatic rings. The lowest BCUT2D eigenvalue weighted by atomic mass is 9.83. The van der Waals surface area contributed by atoms with Gasteiger partial charge in [-0.1, -0.05) is 6.42 Å². The fourth-order valence-electron chi connectivity index (χ4n) is 2.85. The van der Waals surface area contributed by atoms with Crippen LogP contribution < -0.4 is 0 Å². The van der Waals surface area contributed by atoms with Crippen LogP contribution in [0.1, 0.15) is 31.2 Å². The number of aliphatic hydroxyl groups excluding tert-OH is 1. The summed E-state index contributed by atoms with van der Waals surface area (Å²) in [5, 5.41) is 10.0. The molecule has 0 saturated heterocycles. The first-order valence-electron chi connectivity index (χ1n) is 6.72. The van der Waals surface area contributed by atoms with Crippen molar-refractivity contribution >= 4 is 9.84 Å². The van der Waals surface area contributed by atoms with E-state index in [1.165, 1.54) is 6.26 Å².